The van der Waals surface area contributed by atoms with Crippen LogP contribution in [0.2, 0.25) is 0 Å². The maximum absolute atomic E-state index is 5.61. The van der Waals surface area contributed by atoms with Crippen LogP contribution in [0.3, 0.4) is 0 Å². The summed E-state index contributed by atoms with van der Waals surface area (Å²) in [5.41, 5.74) is 5.61. The fraction of sp³-hybridized carbons (Fsp3) is 0.636. The van der Waals surface area contributed by atoms with Gasteiger partial charge in [-0.3, -0.25) is 0 Å². The predicted octanol–water partition coefficient (Wildman–Crippen LogP) is 1.83. The molecular weight excluding hydrogens is 188 g/mol. The third-order valence-electron chi connectivity index (χ3n) is 3.18. The largest absolute Gasteiger partial charge is 0.368 e. The van der Waals surface area contributed by atoms with Crippen molar-refractivity contribution >= 4 is 11.8 Å². The van der Waals surface area contributed by atoms with Crippen molar-refractivity contribution in [1.29, 1.82) is 0 Å². The van der Waals surface area contributed by atoms with Crippen LogP contribution in [0.4, 0.5) is 11.8 Å². The van der Waals surface area contributed by atoms with Gasteiger partial charge in [0.25, 0.3) is 0 Å². The van der Waals surface area contributed by atoms with Crippen molar-refractivity contribution in [2.75, 3.05) is 10.6 Å². The van der Waals surface area contributed by atoms with Gasteiger partial charge in [-0.15, -0.1) is 0 Å². The smallest absolute Gasteiger partial charge is 0.221 e. The third-order valence-corrected chi connectivity index (χ3v) is 3.18. The van der Waals surface area contributed by atoms with Crippen LogP contribution in [0.25, 0.3) is 0 Å². The van der Waals surface area contributed by atoms with Gasteiger partial charge < -0.3 is 10.6 Å². The molecule has 2 rings (SSSR count). The lowest BCUT2D eigenvalue weighted by atomic mass is 10.1. The number of anilines is 2. The highest BCUT2D eigenvalue weighted by atomic mass is 15.3. The molecule has 0 spiro atoms. The molecule has 1 aromatic rings. The van der Waals surface area contributed by atoms with E-state index >= 15 is 0 Å². The molecule has 2 N–H and O–H groups in total. The zero-order valence-electron chi connectivity index (χ0n) is 9.35. The van der Waals surface area contributed by atoms with E-state index in [0.717, 1.165) is 12.2 Å². The number of aromatic nitrogens is 2. The van der Waals surface area contributed by atoms with Crippen molar-refractivity contribution in [1.82, 2.24) is 9.97 Å². The minimum atomic E-state index is 0.362. The van der Waals surface area contributed by atoms with Crippen LogP contribution < -0.4 is 10.6 Å². The maximum Gasteiger partial charge on any atom is 0.221 e. The average Bonchev–Trinajstić information content (AvgIpc) is 2.59. The highest BCUT2D eigenvalue weighted by Crippen LogP contribution is 2.30. The Kier molecular flexibility index (Phi) is 2.75. The minimum Gasteiger partial charge on any atom is -0.368 e. The zero-order valence-corrected chi connectivity index (χ0v) is 9.35. The molecular formula is C11H18N4. The fourth-order valence-electron chi connectivity index (χ4n) is 2.39. The monoisotopic (exact) mass is 206 g/mol. The van der Waals surface area contributed by atoms with Gasteiger partial charge in [-0.25, -0.2) is 4.98 Å². The second kappa shape index (κ2) is 4.04. The lowest BCUT2D eigenvalue weighted by Gasteiger charge is -2.28. The van der Waals surface area contributed by atoms with Crippen LogP contribution in [-0.2, 0) is 0 Å². The number of rotatable bonds is 2. The van der Waals surface area contributed by atoms with E-state index in [4.69, 9.17) is 5.73 Å². The Morgan fingerprint density at radius 1 is 1.53 bits per heavy atom. The third kappa shape index (κ3) is 1.89. The second-order valence-electron chi connectivity index (χ2n) is 4.17. The molecule has 1 aliphatic heterocycles. The van der Waals surface area contributed by atoms with Crippen LogP contribution >= 0.6 is 0 Å². The van der Waals surface area contributed by atoms with E-state index in [-0.39, 0.29) is 0 Å². The Hall–Kier alpha value is -1.32. The Labute approximate surface area is 90.5 Å². The molecule has 1 saturated heterocycles. The molecule has 0 amide bonds. The van der Waals surface area contributed by atoms with Gasteiger partial charge in [-0.2, -0.15) is 4.98 Å². The summed E-state index contributed by atoms with van der Waals surface area (Å²) in [6, 6.07) is 3.11. The van der Waals surface area contributed by atoms with E-state index in [1.54, 1.807) is 6.20 Å². The van der Waals surface area contributed by atoms with E-state index in [9.17, 15) is 0 Å². The first-order chi connectivity index (χ1) is 7.22. The quantitative estimate of drug-likeness (QED) is 0.802. The molecule has 15 heavy (non-hydrogen) atoms. The molecule has 4 nitrogen and oxygen atoms in total. The summed E-state index contributed by atoms with van der Waals surface area (Å²) >= 11 is 0. The van der Waals surface area contributed by atoms with Crippen LogP contribution in [0.5, 0.6) is 0 Å². The zero-order chi connectivity index (χ0) is 10.8. The highest BCUT2D eigenvalue weighted by molar-refractivity contribution is 5.44. The molecule has 1 aliphatic rings. The van der Waals surface area contributed by atoms with Gasteiger partial charge in [0.05, 0.1) is 0 Å². The van der Waals surface area contributed by atoms with Crippen LogP contribution in [0.15, 0.2) is 12.3 Å². The van der Waals surface area contributed by atoms with Gasteiger partial charge in [0.2, 0.25) is 5.95 Å². The van der Waals surface area contributed by atoms with Gasteiger partial charge in [-0.05, 0) is 32.3 Å². The molecule has 82 valence electrons. The standard InChI is InChI=1S/C11H18N4/c1-3-9-5-4-8(2)15(9)10-6-7-13-11(12)14-10/h6-9H,3-5H2,1-2H3,(H2,12,13,14). The predicted molar refractivity (Wildman–Crippen MR) is 61.7 cm³/mol. The van der Waals surface area contributed by atoms with Gasteiger partial charge in [0.15, 0.2) is 0 Å². The topological polar surface area (TPSA) is 55.0 Å². The molecule has 0 aliphatic carbocycles. The average molecular weight is 206 g/mol. The molecule has 2 heterocycles. The van der Waals surface area contributed by atoms with Crippen molar-refractivity contribution in [2.45, 2.75) is 45.2 Å². The normalized spacial score (nSPS) is 25.9. The lowest BCUT2D eigenvalue weighted by molar-refractivity contribution is 0.621. The van der Waals surface area contributed by atoms with Gasteiger partial charge >= 0.3 is 0 Å². The molecule has 2 unspecified atom stereocenters. The molecule has 0 saturated carbocycles. The van der Waals surface area contributed by atoms with Crippen molar-refractivity contribution in [3.8, 4) is 0 Å². The van der Waals surface area contributed by atoms with Crippen molar-refractivity contribution in [3.05, 3.63) is 12.3 Å². The Balaban J connectivity index is 2.28. The summed E-state index contributed by atoms with van der Waals surface area (Å²) in [6.45, 7) is 4.47. The summed E-state index contributed by atoms with van der Waals surface area (Å²) in [7, 11) is 0. The van der Waals surface area contributed by atoms with Crippen LogP contribution in [0.1, 0.15) is 33.1 Å². The van der Waals surface area contributed by atoms with Crippen molar-refractivity contribution < 1.29 is 0 Å². The summed E-state index contributed by atoms with van der Waals surface area (Å²) in [5.74, 6) is 1.33. The summed E-state index contributed by atoms with van der Waals surface area (Å²) in [6.07, 6.45) is 5.38. The number of nitrogen functional groups attached to an aromatic ring is 1. The highest BCUT2D eigenvalue weighted by Gasteiger charge is 2.30. The summed E-state index contributed by atoms with van der Waals surface area (Å²) < 4.78 is 0. The Morgan fingerprint density at radius 3 is 3.00 bits per heavy atom. The van der Waals surface area contributed by atoms with Gasteiger partial charge in [0, 0.05) is 18.3 Å². The van der Waals surface area contributed by atoms with E-state index in [2.05, 4.69) is 28.7 Å². The fourth-order valence-corrected chi connectivity index (χ4v) is 2.39. The van der Waals surface area contributed by atoms with E-state index in [1.165, 1.54) is 12.8 Å². The minimum absolute atomic E-state index is 0.362. The summed E-state index contributed by atoms with van der Waals surface area (Å²) in [4.78, 5) is 10.6. The van der Waals surface area contributed by atoms with Crippen LogP contribution in [-0.4, -0.2) is 22.1 Å². The molecule has 2 atom stereocenters. The Bertz CT molecular complexity index is 339. The van der Waals surface area contributed by atoms with E-state index < -0.39 is 0 Å². The van der Waals surface area contributed by atoms with Gasteiger partial charge in [-0.1, -0.05) is 6.92 Å². The van der Waals surface area contributed by atoms with Crippen molar-refractivity contribution in [3.63, 3.8) is 0 Å². The number of nitrogens with zero attached hydrogens (tertiary/aromatic N) is 3. The first kappa shape index (κ1) is 10.2. The molecule has 1 aromatic heterocycles. The van der Waals surface area contributed by atoms with Gasteiger partial charge in [0.1, 0.15) is 5.82 Å². The maximum atomic E-state index is 5.61. The lowest BCUT2D eigenvalue weighted by Crippen LogP contribution is -2.34. The molecule has 0 aromatic carbocycles. The van der Waals surface area contributed by atoms with Crippen LogP contribution in [0, 0.1) is 0 Å². The first-order valence-electron chi connectivity index (χ1n) is 5.59. The second-order valence-corrected chi connectivity index (χ2v) is 4.17. The molecule has 0 bridgehead atoms. The number of hydrogen-bond acceptors (Lipinski definition) is 4. The molecule has 1 fully saturated rings. The number of hydrogen-bond donors (Lipinski definition) is 1. The van der Waals surface area contributed by atoms with E-state index in [0.29, 0.717) is 18.0 Å². The van der Waals surface area contributed by atoms with Crippen molar-refractivity contribution in [2.24, 2.45) is 0 Å². The first-order valence-corrected chi connectivity index (χ1v) is 5.59. The van der Waals surface area contributed by atoms with E-state index in [1.807, 2.05) is 6.07 Å². The number of nitrogens with two attached hydrogens (primary N) is 1. The molecule has 4 heteroatoms. The SMILES string of the molecule is CCC1CCC(C)N1c1ccnc(N)n1. The Morgan fingerprint density at radius 2 is 2.33 bits per heavy atom. The molecule has 0 radical (unpaired) electrons. The summed E-state index contributed by atoms with van der Waals surface area (Å²) in [5, 5.41) is 0.